The zero-order valence-electron chi connectivity index (χ0n) is 8.00. The molecule has 1 atom stereocenters. The summed E-state index contributed by atoms with van der Waals surface area (Å²) in [6.45, 7) is 0. The molecular formula is C10H13ClNO2+. The van der Waals surface area contributed by atoms with Crippen molar-refractivity contribution in [3.8, 4) is 0 Å². The molecule has 1 aromatic rings. The molecule has 0 aliphatic carbocycles. The predicted octanol–water partition coefficient (Wildman–Crippen LogP) is 1.19. The van der Waals surface area contributed by atoms with E-state index in [1.165, 1.54) is 7.11 Å². The molecule has 1 unspecified atom stereocenters. The van der Waals surface area contributed by atoms with Crippen molar-refractivity contribution in [1.29, 1.82) is 0 Å². The minimum atomic E-state index is -0.259. The van der Waals surface area contributed by atoms with E-state index in [1.807, 2.05) is 18.2 Å². The van der Waals surface area contributed by atoms with Crippen LogP contribution in [0.1, 0.15) is 18.0 Å². The predicted molar refractivity (Wildman–Crippen MR) is 53.7 cm³/mol. The number of benzene rings is 1. The van der Waals surface area contributed by atoms with Crippen LogP contribution in [0.15, 0.2) is 24.3 Å². The summed E-state index contributed by atoms with van der Waals surface area (Å²) in [7, 11) is 1.37. The molecule has 1 aromatic carbocycles. The van der Waals surface area contributed by atoms with E-state index in [-0.39, 0.29) is 18.4 Å². The maximum atomic E-state index is 11.0. The molecule has 1 rings (SSSR count). The normalized spacial score (nSPS) is 12.2. The van der Waals surface area contributed by atoms with Crippen molar-refractivity contribution in [2.75, 3.05) is 7.11 Å². The average molecular weight is 215 g/mol. The SMILES string of the molecule is COC(=O)CC([NH3+])c1cccc(Cl)c1. The second-order valence-corrected chi connectivity index (χ2v) is 3.47. The second kappa shape index (κ2) is 4.98. The number of carbonyl (C=O) groups is 1. The van der Waals surface area contributed by atoms with E-state index < -0.39 is 0 Å². The van der Waals surface area contributed by atoms with E-state index in [2.05, 4.69) is 10.5 Å². The van der Waals surface area contributed by atoms with Gasteiger partial charge in [-0.05, 0) is 12.1 Å². The van der Waals surface area contributed by atoms with E-state index in [0.29, 0.717) is 5.02 Å². The highest BCUT2D eigenvalue weighted by atomic mass is 35.5. The molecular weight excluding hydrogens is 202 g/mol. The first kappa shape index (κ1) is 11.0. The zero-order valence-corrected chi connectivity index (χ0v) is 8.75. The molecule has 0 saturated carbocycles. The summed E-state index contributed by atoms with van der Waals surface area (Å²) in [6.07, 6.45) is 0.275. The van der Waals surface area contributed by atoms with Gasteiger partial charge < -0.3 is 10.5 Å². The molecule has 0 aromatic heterocycles. The van der Waals surface area contributed by atoms with Gasteiger partial charge in [0.15, 0.2) is 0 Å². The molecule has 4 heteroatoms. The van der Waals surface area contributed by atoms with Gasteiger partial charge in [-0.1, -0.05) is 23.7 Å². The summed E-state index contributed by atoms with van der Waals surface area (Å²) in [6, 6.07) is 7.22. The lowest BCUT2D eigenvalue weighted by Crippen LogP contribution is -2.54. The lowest BCUT2D eigenvalue weighted by atomic mass is 10.1. The summed E-state index contributed by atoms with van der Waals surface area (Å²) in [4.78, 5) is 11.0. The minimum Gasteiger partial charge on any atom is -0.469 e. The van der Waals surface area contributed by atoms with Gasteiger partial charge in [0.25, 0.3) is 0 Å². The monoisotopic (exact) mass is 214 g/mol. The van der Waals surface area contributed by atoms with Crippen molar-refractivity contribution in [1.82, 2.24) is 0 Å². The number of methoxy groups -OCH3 is 1. The fraction of sp³-hybridized carbons (Fsp3) is 0.300. The Morgan fingerprint density at radius 3 is 2.93 bits per heavy atom. The standard InChI is InChI=1S/C10H12ClNO2/c1-14-10(13)6-9(12)7-3-2-4-8(11)5-7/h2-5,9H,6,12H2,1H3/p+1. The Balaban J connectivity index is 2.69. The molecule has 0 fully saturated rings. The Morgan fingerprint density at radius 1 is 1.64 bits per heavy atom. The number of quaternary nitrogens is 1. The Hall–Kier alpha value is -1.06. The molecule has 0 bridgehead atoms. The summed E-state index contributed by atoms with van der Waals surface area (Å²) in [5.41, 5.74) is 4.82. The van der Waals surface area contributed by atoms with E-state index in [1.54, 1.807) is 6.07 Å². The highest BCUT2D eigenvalue weighted by Gasteiger charge is 2.15. The van der Waals surface area contributed by atoms with Crippen LogP contribution in [0.5, 0.6) is 0 Å². The quantitative estimate of drug-likeness (QED) is 0.769. The van der Waals surface area contributed by atoms with Gasteiger partial charge in [-0.3, -0.25) is 4.79 Å². The number of hydrogen-bond acceptors (Lipinski definition) is 2. The molecule has 0 saturated heterocycles. The van der Waals surface area contributed by atoms with E-state index in [4.69, 9.17) is 11.6 Å². The highest BCUT2D eigenvalue weighted by molar-refractivity contribution is 6.30. The first-order chi connectivity index (χ1) is 6.63. The van der Waals surface area contributed by atoms with Crippen LogP contribution in [0.4, 0.5) is 0 Å². The Kier molecular flexibility index (Phi) is 3.92. The number of hydrogen-bond donors (Lipinski definition) is 1. The molecule has 0 aliphatic heterocycles. The fourth-order valence-corrected chi connectivity index (χ4v) is 1.36. The van der Waals surface area contributed by atoms with Crippen molar-refractivity contribution in [3.63, 3.8) is 0 Å². The number of carbonyl (C=O) groups excluding carboxylic acids is 1. The van der Waals surface area contributed by atoms with Crippen LogP contribution in [-0.2, 0) is 9.53 Å². The van der Waals surface area contributed by atoms with Gasteiger partial charge in [-0.15, -0.1) is 0 Å². The van der Waals surface area contributed by atoms with E-state index >= 15 is 0 Å². The molecule has 0 radical (unpaired) electrons. The number of rotatable bonds is 3. The van der Waals surface area contributed by atoms with Crippen LogP contribution >= 0.6 is 11.6 Å². The van der Waals surface area contributed by atoms with Crippen LogP contribution in [0.2, 0.25) is 5.02 Å². The van der Waals surface area contributed by atoms with Crippen LogP contribution in [0.25, 0.3) is 0 Å². The van der Waals surface area contributed by atoms with Gasteiger partial charge in [0.1, 0.15) is 12.5 Å². The van der Waals surface area contributed by atoms with Gasteiger partial charge in [-0.2, -0.15) is 0 Å². The highest BCUT2D eigenvalue weighted by Crippen LogP contribution is 2.17. The first-order valence-corrected chi connectivity index (χ1v) is 4.66. The minimum absolute atomic E-state index is 0.110. The lowest BCUT2D eigenvalue weighted by molar-refractivity contribution is -0.425. The third-order valence-corrected chi connectivity index (χ3v) is 2.20. The van der Waals surface area contributed by atoms with Gasteiger partial charge in [-0.25, -0.2) is 0 Å². The average Bonchev–Trinajstić information content (AvgIpc) is 2.17. The van der Waals surface area contributed by atoms with Crippen molar-refractivity contribution in [2.45, 2.75) is 12.5 Å². The van der Waals surface area contributed by atoms with Crippen LogP contribution in [0, 0.1) is 0 Å². The summed E-state index contributed by atoms with van der Waals surface area (Å²) in [5.74, 6) is -0.259. The fourth-order valence-electron chi connectivity index (χ4n) is 1.16. The summed E-state index contributed by atoms with van der Waals surface area (Å²) >= 11 is 5.82. The van der Waals surface area contributed by atoms with E-state index in [0.717, 1.165) is 5.56 Å². The molecule has 76 valence electrons. The Labute approximate surface area is 87.8 Å². The molecule has 0 spiro atoms. The van der Waals surface area contributed by atoms with Crippen molar-refractivity contribution >= 4 is 17.6 Å². The molecule has 3 N–H and O–H groups in total. The topological polar surface area (TPSA) is 53.9 Å². The second-order valence-electron chi connectivity index (χ2n) is 3.03. The maximum Gasteiger partial charge on any atom is 0.311 e. The van der Waals surface area contributed by atoms with Gasteiger partial charge in [0.05, 0.1) is 7.11 Å². The van der Waals surface area contributed by atoms with Crippen molar-refractivity contribution in [2.24, 2.45) is 0 Å². The zero-order chi connectivity index (χ0) is 10.6. The van der Waals surface area contributed by atoms with Crippen molar-refractivity contribution < 1.29 is 15.3 Å². The number of esters is 1. The molecule has 14 heavy (non-hydrogen) atoms. The lowest BCUT2D eigenvalue weighted by Gasteiger charge is -2.07. The van der Waals surface area contributed by atoms with Crippen LogP contribution in [-0.4, -0.2) is 13.1 Å². The molecule has 3 nitrogen and oxygen atoms in total. The van der Waals surface area contributed by atoms with Gasteiger partial charge >= 0.3 is 5.97 Å². The molecule has 0 amide bonds. The summed E-state index contributed by atoms with van der Waals surface area (Å²) in [5, 5.41) is 0.654. The third-order valence-electron chi connectivity index (χ3n) is 1.96. The number of halogens is 1. The molecule has 0 aliphatic rings. The summed E-state index contributed by atoms with van der Waals surface area (Å²) < 4.78 is 4.56. The van der Waals surface area contributed by atoms with Crippen LogP contribution in [0.3, 0.4) is 0 Å². The first-order valence-electron chi connectivity index (χ1n) is 4.29. The number of ether oxygens (including phenoxy) is 1. The maximum absolute atomic E-state index is 11.0. The Morgan fingerprint density at radius 2 is 2.36 bits per heavy atom. The third kappa shape index (κ3) is 3.01. The van der Waals surface area contributed by atoms with E-state index in [9.17, 15) is 4.79 Å². The van der Waals surface area contributed by atoms with Gasteiger partial charge in [0.2, 0.25) is 0 Å². The Bertz CT molecular complexity index is 328. The largest absolute Gasteiger partial charge is 0.469 e. The molecule has 0 heterocycles. The smallest absolute Gasteiger partial charge is 0.311 e. The van der Waals surface area contributed by atoms with Gasteiger partial charge in [0, 0.05) is 10.6 Å². The van der Waals surface area contributed by atoms with Crippen LogP contribution < -0.4 is 5.73 Å². The van der Waals surface area contributed by atoms with Crippen molar-refractivity contribution in [3.05, 3.63) is 34.9 Å².